The van der Waals surface area contributed by atoms with Crippen molar-refractivity contribution in [3.63, 3.8) is 0 Å². The van der Waals surface area contributed by atoms with Crippen LogP contribution in [0.3, 0.4) is 0 Å². The van der Waals surface area contributed by atoms with Crippen LogP contribution in [0.5, 0.6) is 0 Å². The predicted molar refractivity (Wildman–Crippen MR) is 67.4 cm³/mol. The molecule has 1 spiro atoms. The Balaban J connectivity index is 1.96. The quantitative estimate of drug-likeness (QED) is 0.526. The molecule has 2 nitrogen and oxygen atoms in total. The number of thioether (sulfide) groups is 1. The Morgan fingerprint density at radius 2 is 1.81 bits per heavy atom. The molecular weight excluding hydrogens is 263 g/mol. The fraction of sp³-hybridized carbons (Fsp3) is 0.636. The summed E-state index contributed by atoms with van der Waals surface area (Å²) in [7, 11) is 0. The molecule has 3 rings (SSSR count). The van der Waals surface area contributed by atoms with E-state index in [0.717, 1.165) is 17.0 Å². The van der Waals surface area contributed by atoms with Gasteiger partial charge in [-0.3, -0.25) is 0 Å². The van der Waals surface area contributed by atoms with Gasteiger partial charge >= 0.3 is 0 Å². The summed E-state index contributed by atoms with van der Waals surface area (Å²) in [6, 6.07) is 0. The third kappa shape index (κ3) is 1.83. The van der Waals surface area contributed by atoms with Gasteiger partial charge in [0.05, 0.1) is 0 Å². The number of nitrogens with zero attached hydrogens (tertiary/aromatic N) is 2. The van der Waals surface area contributed by atoms with Crippen molar-refractivity contribution in [1.29, 1.82) is 0 Å². The van der Waals surface area contributed by atoms with Crippen molar-refractivity contribution in [1.82, 2.24) is 9.97 Å². The van der Waals surface area contributed by atoms with Crippen LogP contribution in [0.15, 0.2) is 5.03 Å². The predicted octanol–water partition coefficient (Wildman–Crippen LogP) is 4.13. The molecule has 0 amide bonds. The minimum absolute atomic E-state index is 0.268. The van der Waals surface area contributed by atoms with Crippen LogP contribution in [0.4, 0.5) is 0 Å². The first-order valence-corrected chi connectivity index (χ1v) is 7.17. The number of hydrogen-bond donors (Lipinski definition) is 0. The van der Waals surface area contributed by atoms with Crippen LogP contribution in [-0.2, 0) is 6.42 Å². The lowest BCUT2D eigenvalue weighted by Gasteiger charge is -2.31. The van der Waals surface area contributed by atoms with Crippen LogP contribution < -0.4 is 0 Å². The summed E-state index contributed by atoms with van der Waals surface area (Å²) in [6.07, 6.45) is 7.55. The second-order valence-electron chi connectivity index (χ2n) is 4.59. The number of fused-ring (bicyclic) bond motifs is 1. The fourth-order valence-electron chi connectivity index (χ4n) is 2.68. The standard InChI is InChI=1S/C11H12Cl2N2S/c12-8-7-6-11(4-2-1-3-5-11)16-9(7)15-10(13)14-8/h1-6H2. The van der Waals surface area contributed by atoms with E-state index in [9.17, 15) is 0 Å². The molecule has 1 aliphatic carbocycles. The molecule has 0 N–H and O–H groups in total. The molecule has 0 unspecified atom stereocenters. The van der Waals surface area contributed by atoms with Gasteiger partial charge in [-0.25, -0.2) is 9.97 Å². The summed E-state index contributed by atoms with van der Waals surface area (Å²) in [5, 5.41) is 1.82. The Hall–Kier alpha value is 0.01000. The molecule has 1 aromatic rings. The average Bonchev–Trinajstić information content (AvgIpc) is 2.57. The topological polar surface area (TPSA) is 25.8 Å². The first kappa shape index (κ1) is 11.1. The van der Waals surface area contributed by atoms with Crippen LogP contribution in [-0.4, -0.2) is 14.7 Å². The summed E-state index contributed by atoms with van der Waals surface area (Å²) in [6.45, 7) is 0. The summed E-state index contributed by atoms with van der Waals surface area (Å²) in [4.78, 5) is 8.33. The van der Waals surface area contributed by atoms with Crippen molar-refractivity contribution in [3.8, 4) is 0 Å². The van der Waals surface area contributed by atoms with Crippen LogP contribution in [0.25, 0.3) is 0 Å². The van der Waals surface area contributed by atoms with Gasteiger partial charge in [0.2, 0.25) is 5.28 Å². The fourth-order valence-corrected chi connectivity index (χ4v) is 4.78. The van der Waals surface area contributed by atoms with E-state index < -0.39 is 0 Å². The van der Waals surface area contributed by atoms with E-state index >= 15 is 0 Å². The maximum Gasteiger partial charge on any atom is 0.224 e. The third-order valence-electron chi connectivity index (χ3n) is 3.47. The normalized spacial score (nSPS) is 22.4. The maximum atomic E-state index is 6.13. The molecule has 0 radical (unpaired) electrons. The number of rotatable bonds is 0. The van der Waals surface area contributed by atoms with Crippen LogP contribution in [0.1, 0.15) is 37.7 Å². The molecule has 0 saturated heterocycles. The van der Waals surface area contributed by atoms with E-state index in [2.05, 4.69) is 9.97 Å². The van der Waals surface area contributed by atoms with Crippen molar-refractivity contribution in [3.05, 3.63) is 16.0 Å². The second-order valence-corrected chi connectivity index (χ2v) is 6.74. The Morgan fingerprint density at radius 3 is 2.56 bits per heavy atom. The Morgan fingerprint density at radius 1 is 1.06 bits per heavy atom. The molecule has 1 aliphatic heterocycles. The smallest absolute Gasteiger partial charge is 0.211 e. The molecule has 86 valence electrons. The molecular formula is C11H12Cl2N2S. The highest BCUT2D eigenvalue weighted by Gasteiger charge is 2.41. The van der Waals surface area contributed by atoms with Gasteiger partial charge in [-0.05, 0) is 30.9 Å². The van der Waals surface area contributed by atoms with E-state index in [1.54, 1.807) is 0 Å². The first-order chi connectivity index (χ1) is 7.69. The van der Waals surface area contributed by atoms with Gasteiger partial charge in [-0.2, -0.15) is 0 Å². The van der Waals surface area contributed by atoms with Crippen LogP contribution in [0, 0.1) is 0 Å². The molecule has 0 bridgehead atoms. The lowest BCUT2D eigenvalue weighted by molar-refractivity contribution is 0.400. The molecule has 1 saturated carbocycles. The van der Waals surface area contributed by atoms with Gasteiger partial charge in [-0.15, -0.1) is 0 Å². The number of aromatic nitrogens is 2. The van der Waals surface area contributed by atoms with E-state index in [1.165, 1.54) is 32.1 Å². The largest absolute Gasteiger partial charge is 0.224 e. The minimum atomic E-state index is 0.268. The van der Waals surface area contributed by atoms with E-state index in [-0.39, 0.29) is 5.28 Å². The van der Waals surface area contributed by atoms with Gasteiger partial charge in [0, 0.05) is 10.3 Å². The molecule has 2 heterocycles. The van der Waals surface area contributed by atoms with Crippen LogP contribution >= 0.6 is 35.0 Å². The van der Waals surface area contributed by atoms with Gasteiger partial charge in [0.15, 0.2) is 0 Å². The molecule has 1 fully saturated rings. The van der Waals surface area contributed by atoms with Crippen molar-refractivity contribution in [2.24, 2.45) is 0 Å². The van der Waals surface area contributed by atoms with Gasteiger partial charge in [0.25, 0.3) is 0 Å². The van der Waals surface area contributed by atoms with Crippen LogP contribution in [0.2, 0.25) is 10.4 Å². The average molecular weight is 275 g/mol. The van der Waals surface area contributed by atoms with E-state index in [0.29, 0.717) is 9.90 Å². The van der Waals surface area contributed by atoms with Gasteiger partial charge in [-0.1, -0.05) is 42.6 Å². The highest BCUT2D eigenvalue weighted by Crippen LogP contribution is 2.53. The lowest BCUT2D eigenvalue weighted by Crippen LogP contribution is -2.26. The lowest BCUT2D eigenvalue weighted by atomic mass is 9.85. The zero-order valence-corrected chi connectivity index (χ0v) is 11.1. The third-order valence-corrected chi connectivity index (χ3v) is 5.47. The monoisotopic (exact) mass is 274 g/mol. The van der Waals surface area contributed by atoms with Crippen molar-refractivity contribution in [2.45, 2.75) is 48.3 Å². The zero-order valence-electron chi connectivity index (χ0n) is 8.80. The highest BCUT2D eigenvalue weighted by atomic mass is 35.5. The first-order valence-electron chi connectivity index (χ1n) is 5.59. The molecule has 0 aromatic carbocycles. The molecule has 1 aromatic heterocycles. The van der Waals surface area contributed by atoms with Gasteiger partial charge in [0.1, 0.15) is 10.2 Å². The molecule has 2 aliphatic rings. The van der Waals surface area contributed by atoms with Crippen molar-refractivity contribution in [2.75, 3.05) is 0 Å². The zero-order chi connectivity index (χ0) is 11.2. The molecule has 16 heavy (non-hydrogen) atoms. The Bertz CT molecular complexity index is 430. The van der Waals surface area contributed by atoms with Crippen molar-refractivity contribution >= 4 is 35.0 Å². The molecule has 5 heteroatoms. The van der Waals surface area contributed by atoms with Gasteiger partial charge < -0.3 is 0 Å². The Labute approximate surface area is 109 Å². The summed E-state index contributed by atoms with van der Waals surface area (Å²) in [5.41, 5.74) is 1.11. The SMILES string of the molecule is Clc1nc(Cl)c2c(n1)SC1(CCCCC1)C2. The maximum absolute atomic E-state index is 6.13. The Kier molecular flexibility index (Phi) is 2.81. The van der Waals surface area contributed by atoms with Crippen molar-refractivity contribution < 1.29 is 0 Å². The van der Waals surface area contributed by atoms with E-state index in [1.807, 2.05) is 11.8 Å². The summed E-state index contributed by atoms with van der Waals surface area (Å²) >= 11 is 13.8. The highest BCUT2D eigenvalue weighted by molar-refractivity contribution is 8.01. The second kappa shape index (κ2) is 4.04. The minimum Gasteiger partial charge on any atom is -0.211 e. The number of halogens is 2. The summed E-state index contributed by atoms with van der Waals surface area (Å²) < 4.78 is 0.337. The van der Waals surface area contributed by atoms with E-state index in [4.69, 9.17) is 23.2 Å². The summed E-state index contributed by atoms with van der Waals surface area (Å²) in [5.74, 6) is 0. The molecule has 0 atom stereocenters. The number of hydrogen-bond acceptors (Lipinski definition) is 3.